The standard InChI is InChI=1S/C23H24N4O4/c1-5-30-17-10-16(11-18(12-17)31-6-2)21-13-19(23(28)29-4)25-27(21)20-9-7-8-15-14-24-26(3)22(15)20/h7-14H,5-6H2,1-4H3. The van der Waals surface area contributed by atoms with Gasteiger partial charge in [0.1, 0.15) is 11.5 Å². The van der Waals surface area contributed by atoms with E-state index in [9.17, 15) is 4.79 Å². The number of carbonyl (C=O) groups is 1. The van der Waals surface area contributed by atoms with Crippen LogP contribution in [0.5, 0.6) is 11.5 Å². The van der Waals surface area contributed by atoms with Gasteiger partial charge in [-0.1, -0.05) is 12.1 Å². The van der Waals surface area contributed by atoms with E-state index in [-0.39, 0.29) is 5.69 Å². The number of nitrogens with zero attached hydrogens (tertiary/aromatic N) is 4. The predicted octanol–water partition coefficient (Wildman–Crippen LogP) is 4.01. The van der Waals surface area contributed by atoms with Gasteiger partial charge >= 0.3 is 5.97 Å². The summed E-state index contributed by atoms with van der Waals surface area (Å²) >= 11 is 0. The van der Waals surface area contributed by atoms with Crippen molar-refractivity contribution in [1.29, 1.82) is 0 Å². The second-order valence-corrected chi connectivity index (χ2v) is 6.86. The van der Waals surface area contributed by atoms with E-state index in [1.165, 1.54) is 7.11 Å². The molecule has 0 radical (unpaired) electrons. The second kappa shape index (κ2) is 8.51. The van der Waals surface area contributed by atoms with E-state index in [1.807, 2.05) is 57.3 Å². The lowest BCUT2D eigenvalue weighted by Crippen LogP contribution is -2.06. The Hall–Kier alpha value is -3.81. The Labute approximate surface area is 179 Å². The van der Waals surface area contributed by atoms with Gasteiger partial charge in [-0.15, -0.1) is 0 Å². The van der Waals surface area contributed by atoms with E-state index in [0.717, 1.165) is 22.2 Å². The number of esters is 1. The average molecular weight is 420 g/mol. The number of hydrogen-bond acceptors (Lipinski definition) is 6. The highest BCUT2D eigenvalue weighted by atomic mass is 16.5. The predicted molar refractivity (Wildman–Crippen MR) is 117 cm³/mol. The molecule has 0 saturated heterocycles. The van der Waals surface area contributed by atoms with Crippen LogP contribution in [0, 0.1) is 0 Å². The summed E-state index contributed by atoms with van der Waals surface area (Å²) in [4.78, 5) is 12.3. The van der Waals surface area contributed by atoms with Crippen molar-refractivity contribution in [2.75, 3.05) is 20.3 Å². The fourth-order valence-corrected chi connectivity index (χ4v) is 3.58. The minimum absolute atomic E-state index is 0.205. The highest BCUT2D eigenvalue weighted by molar-refractivity contribution is 5.91. The lowest BCUT2D eigenvalue weighted by atomic mass is 10.1. The number of benzene rings is 2. The van der Waals surface area contributed by atoms with Gasteiger partial charge in [-0.2, -0.15) is 10.2 Å². The molecule has 0 aliphatic heterocycles. The highest BCUT2D eigenvalue weighted by Crippen LogP contribution is 2.33. The van der Waals surface area contributed by atoms with Gasteiger partial charge in [0.25, 0.3) is 0 Å². The first kappa shape index (κ1) is 20.5. The molecule has 0 saturated carbocycles. The number of rotatable bonds is 7. The fraction of sp³-hybridized carbons (Fsp3) is 0.261. The van der Waals surface area contributed by atoms with Crippen molar-refractivity contribution in [2.45, 2.75) is 13.8 Å². The van der Waals surface area contributed by atoms with Crippen LogP contribution < -0.4 is 9.47 Å². The maximum atomic E-state index is 12.3. The Bertz CT molecular complexity index is 1220. The molecule has 31 heavy (non-hydrogen) atoms. The number of carbonyl (C=O) groups excluding carboxylic acids is 1. The third kappa shape index (κ3) is 3.84. The van der Waals surface area contributed by atoms with Gasteiger partial charge in [-0.05, 0) is 38.1 Å². The lowest BCUT2D eigenvalue weighted by molar-refractivity contribution is 0.0593. The molecule has 2 aromatic carbocycles. The lowest BCUT2D eigenvalue weighted by Gasteiger charge is -2.13. The van der Waals surface area contributed by atoms with Crippen LogP contribution >= 0.6 is 0 Å². The van der Waals surface area contributed by atoms with Crippen LogP contribution in [0.15, 0.2) is 48.7 Å². The molecular formula is C23H24N4O4. The summed E-state index contributed by atoms with van der Waals surface area (Å²) in [6.07, 6.45) is 1.80. The molecule has 8 nitrogen and oxygen atoms in total. The molecule has 0 atom stereocenters. The summed E-state index contributed by atoms with van der Waals surface area (Å²) in [6, 6.07) is 13.2. The van der Waals surface area contributed by atoms with Crippen molar-refractivity contribution >= 4 is 16.9 Å². The molecule has 160 valence electrons. The van der Waals surface area contributed by atoms with Crippen LogP contribution in [0.3, 0.4) is 0 Å². The number of hydrogen-bond donors (Lipinski definition) is 0. The van der Waals surface area contributed by atoms with Crippen molar-refractivity contribution in [3.8, 4) is 28.4 Å². The van der Waals surface area contributed by atoms with Crippen molar-refractivity contribution in [2.24, 2.45) is 7.05 Å². The van der Waals surface area contributed by atoms with Gasteiger partial charge in [0.05, 0.1) is 43.4 Å². The van der Waals surface area contributed by atoms with Gasteiger partial charge in [0, 0.05) is 24.1 Å². The Kier molecular flexibility index (Phi) is 5.62. The topological polar surface area (TPSA) is 80.4 Å². The number of para-hydroxylation sites is 1. The molecule has 4 aromatic rings. The summed E-state index contributed by atoms with van der Waals surface area (Å²) in [7, 11) is 3.21. The maximum absolute atomic E-state index is 12.3. The quantitative estimate of drug-likeness (QED) is 0.420. The number of ether oxygens (including phenoxy) is 3. The third-order valence-corrected chi connectivity index (χ3v) is 4.87. The zero-order valence-corrected chi connectivity index (χ0v) is 18.0. The average Bonchev–Trinajstić information content (AvgIpc) is 3.38. The van der Waals surface area contributed by atoms with Crippen LogP contribution in [0.4, 0.5) is 0 Å². The molecule has 8 heteroatoms. The number of aryl methyl sites for hydroxylation is 1. The second-order valence-electron chi connectivity index (χ2n) is 6.86. The normalized spacial score (nSPS) is 11.0. The monoisotopic (exact) mass is 420 g/mol. The van der Waals surface area contributed by atoms with Gasteiger partial charge in [0.15, 0.2) is 5.69 Å². The largest absolute Gasteiger partial charge is 0.494 e. The van der Waals surface area contributed by atoms with Gasteiger partial charge in [-0.3, -0.25) is 4.68 Å². The summed E-state index contributed by atoms with van der Waals surface area (Å²) < 4.78 is 19.9. The van der Waals surface area contributed by atoms with Crippen LogP contribution in [-0.4, -0.2) is 45.9 Å². The number of fused-ring (bicyclic) bond motifs is 1. The molecule has 0 N–H and O–H groups in total. The minimum atomic E-state index is -0.511. The maximum Gasteiger partial charge on any atom is 0.358 e. The molecule has 0 aliphatic carbocycles. The van der Waals surface area contributed by atoms with Crippen LogP contribution in [0.25, 0.3) is 27.8 Å². The zero-order valence-electron chi connectivity index (χ0n) is 18.0. The number of methoxy groups -OCH3 is 1. The molecule has 0 amide bonds. The van der Waals surface area contributed by atoms with Crippen LogP contribution in [-0.2, 0) is 11.8 Å². The van der Waals surface area contributed by atoms with E-state index in [4.69, 9.17) is 14.2 Å². The van der Waals surface area contributed by atoms with E-state index in [0.29, 0.717) is 30.4 Å². The highest BCUT2D eigenvalue weighted by Gasteiger charge is 2.20. The molecule has 4 rings (SSSR count). The van der Waals surface area contributed by atoms with Gasteiger partial charge in [0.2, 0.25) is 0 Å². The third-order valence-electron chi connectivity index (χ3n) is 4.87. The first-order chi connectivity index (χ1) is 15.0. The molecule has 0 unspecified atom stereocenters. The number of aromatic nitrogens is 4. The molecule has 2 aromatic heterocycles. The van der Waals surface area contributed by atoms with Gasteiger partial charge in [-0.25, -0.2) is 9.48 Å². The summed E-state index contributed by atoms with van der Waals surface area (Å²) in [6.45, 7) is 4.90. The smallest absolute Gasteiger partial charge is 0.358 e. The van der Waals surface area contributed by atoms with Crippen molar-refractivity contribution in [3.05, 3.63) is 54.4 Å². The summed E-state index contributed by atoms with van der Waals surface area (Å²) in [5.41, 5.74) is 3.40. The minimum Gasteiger partial charge on any atom is -0.494 e. The van der Waals surface area contributed by atoms with E-state index in [1.54, 1.807) is 21.6 Å². The fourth-order valence-electron chi connectivity index (χ4n) is 3.58. The van der Waals surface area contributed by atoms with Crippen molar-refractivity contribution in [1.82, 2.24) is 19.6 Å². The summed E-state index contributed by atoms with van der Waals surface area (Å²) in [5, 5.41) is 9.90. The Morgan fingerprint density at radius 1 is 1.03 bits per heavy atom. The molecule has 0 fully saturated rings. The summed E-state index contributed by atoms with van der Waals surface area (Å²) in [5.74, 6) is 0.840. The van der Waals surface area contributed by atoms with E-state index in [2.05, 4.69) is 10.2 Å². The van der Waals surface area contributed by atoms with Crippen molar-refractivity contribution in [3.63, 3.8) is 0 Å². The Morgan fingerprint density at radius 2 is 1.74 bits per heavy atom. The SMILES string of the molecule is CCOc1cc(OCC)cc(-c2cc(C(=O)OC)nn2-c2cccc3cnn(C)c23)c1. The molecule has 0 spiro atoms. The first-order valence-corrected chi connectivity index (χ1v) is 10.1. The first-order valence-electron chi connectivity index (χ1n) is 10.1. The Morgan fingerprint density at radius 3 is 2.39 bits per heavy atom. The van der Waals surface area contributed by atoms with E-state index >= 15 is 0 Å². The molecular weight excluding hydrogens is 396 g/mol. The Balaban J connectivity index is 1.97. The molecule has 2 heterocycles. The zero-order chi connectivity index (χ0) is 22.0. The molecule has 0 aliphatic rings. The van der Waals surface area contributed by atoms with E-state index < -0.39 is 5.97 Å². The molecule has 0 bridgehead atoms. The van der Waals surface area contributed by atoms with Crippen LogP contribution in [0.2, 0.25) is 0 Å². The van der Waals surface area contributed by atoms with Gasteiger partial charge < -0.3 is 14.2 Å². The van der Waals surface area contributed by atoms with Crippen LogP contribution in [0.1, 0.15) is 24.3 Å². The van der Waals surface area contributed by atoms with Crippen molar-refractivity contribution < 1.29 is 19.0 Å².